The molecule has 0 fully saturated rings. The van der Waals surface area contributed by atoms with E-state index in [0.29, 0.717) is 15.7 Å². The van der Waals surface area contributed by atoms with Crippen molar-refractivity contribution in [1.29, 1.82) is 0 Å². The highest BCUT2D eigenvalue weighted by molar-refractivity contribution is 7.98. The van der Waals surface area contributed by atoms with Crippen molar-refractivity contribution in [3.8, 4) is 5.69 Å². The lowest BCUT2D eigenvalue weighted by atomic mass is 10.2. The molecule has 7 heteroatoms. The number of thioether (sulfide) groups is 1. The highest BCUT2D eigenvalue weighted by Gasteiger charge is 2.21. The summed E-state index contributed by atoms with van der Waals surface area (Å²) in [6.07, 6.45) is 1.75. The fourth-order valence-electron chi connectivity index (χ4n) is 1.66. The van der Waals surface area contributed by atoms with Crippen LogP contribution in [0, 0.1) is 6.92 Å². The van der Waals surface area contributed by atoms with E-state index in [4.69, 9.17) is 22.4 Å². The molecule has 0 aliphatic rings. The number of rotatable bonds is 3. The van der Waals surface area contributed by atoms with Crippen LogP contribution in [0.25, 0.3) is 5.69 Å². The standard InChI is InChI=1S/C12H12ClN3O2S/c1-6-3-4-7(5-8(6)13)16-10(14)9(12(17)18)11(15-16)19-2/h3-5H,14H2,1-2H3,(H,17,18). The molecule has 0 unspecified atom stereocenters. The molecule has 19 heavy (non-hydrogen) atoms. The minimum Gasteiger partial charge on any atom is -0.477 e. The summed E-state index contributed by atoms with van der Waals surface area (Å²) < 4.78 is 1.39. The monoisotopic (exact) mass is 297 g/mol. The Labute approximate surface area is 119 Å². The highest BCUT2D eigenvalue weighted by atomic mass is 35.5. The van der Waals surface area contributed by atoms with Crippen LogP contribution in [0.2, 0.25) is 5.02 Å². The molecule has 0 radical (unpaired) electrons. The highest BCUT2D eigenvalue weighted by Crippen LogP contribution is 2.28. The van der Waals surface area contributed by atoms with Gasteiger partial charge in [-0.2, -0.15) is 5.10 Å². The number of carboxylic acids is 1. The van der Waals surface area contributed by atoms with Crippen LogP contribution in [-0.2, 0) is 0 Å². The van der Waals surface area contributed by atoms with Gasteiger partial charge < -0.3 is 10.8 Å². The van der Waals surface area contributed by atoms with E-state index in [0.717, 1.165) is 5.56 Å². The average Bonchev–Trinajstić information content (AvgIpc) is 2.70. The molecule has 0 amide bonds. The largest absolute Gasteiger partial charge is 0.477 e. The quantitative estimate of drug-likeness (QED) is 0.851. The fourth-order valence-corrected chi connectivity index (χ4v) is 2.40. The van der Waals surface area contributed by atoms with Gasteiger partial charge in [-0.1, -0.05) is 17.7 Å². The molecule has 0 bridgehead atoms. The third kappa shape index (κ3) is 2.41. The number of carboxylic acid groups (broad SMARTS) is 1. The summed E-state index contributed by atoms with van der Waals surface area (Å²) >= 11 is 7.29. The van der Waals surface area contributed by atoms with Gasteiger partial charge in [-0.15, -0.1) is 11.8 Å². The molecule has 2 rings (SSSR count). The van der Waals surface area contributed by atoms with Crippen LogP contribution in [0.5, 0.6) is 0 Å². The van der Waals surface area contributed by atoms with Crippen molar-refractivity contribution in [1.82, 2.24) is 9.78 Å². The fraction of sp³-hybridized carbons (Fsp3) is 0.167. The lowest BCUT2D eigenvalue weighted by molar-refractivity contribution is 0.0694. The Morgan fingerprint density at radius 1 is 1.53 bits per heavy atom. The second-order valence-corrected chi connectivity index (χ2v) is 5.12. The number of hydrogen-bond donors (Lipinski definition) is 2. The Morgan fingerprint density at radius 3 is 2.68 bits per heavy atom. The van der Waals surface area contributed by atoms with Crippen molar-refractivity contribution in [2.24, 2.45) is 0 Å². The lowest BCUT2D eigenvalue weighted by Crippen LogP contribution is -2.05. The number of aromatic nitrogens is 2. The number of carbonyl (C=O) groups is 1. The maximum absolute atomic E-state index is 11.2. The van der Waals surface area contributed by atoms with Crippen molar-refractivity contribution in [3.63, 3.8) is 0 Å². The van der Waals surface area contributed by atoms with Crippen molar-refractivity contribution in [2.75, 3.05) is 12.0 Å². The maximum atomic E-state index is 11.2. The van der Waals surface area contributed by atoms with E-state index < -0.39 is 5.97 Å². The van der Waals surface area contributed by atoms with Crippen molar-refractivity contribution >= 4 is 35.1 Å². The van der Waals surface area contributed by atoms with Gasteiger partial charge in [0.2, 0.25) is 0 Å². The number of hydrogen-bond acceptors (Lipinski definition) is 4. The second kappa shape index (κ2) is 5.14. The number of nitrogen functional groups attached to an aromatic ring is 1. The summed E-state index contributed by atoms with van der Waals surface area (Å²) in [7, 11) is 0. The first-order valence-electron chi connectivity index (χ1n) is 5.38. The number of aryl methyl sites for hydroxylation is 1. The second-order valence-electron chi connectivity index (χ2n) is 3.92. The van der Waals surface area contributed by atoms with Crippen LogP contribution in [0.3, 0.4) is 0 Å². The van der Waals surface area contributed by atoms with E-state index in [1.807, 2.05) is 13.0 Å². The summed E-state index contributed by atoms with van der Waals surface area (Å²) in [5.41, 5.74) is 7.45. The van der Waals surface area contributed by atoms with Gasteiger partial charge >= 0.3 is 5.97 Å². The summed E-state index contributed by atoms with van der Waals surface area (Å²) in [5, 5.41) is 14.3. The van der Waals surface area contributed by atoms with E-state index >= 15 is 0 Å². The number of nitrogens with two attached hydrogens (primary N) is 1. The molecule has 100 valence electrons. The Hall–Kier alpha value is -1.66. The third-order valence-electron chi connectivity index (χ3n) is 2.70. The topological polar surface area (TPSA) is 81.1 Å². The number of benzene rings is 1. The van der Waals surface area contributed by atoms with Crippen LogP contribution in [0.1, 0.15) is 15.9 Å². The van der Waals surface area contributed by atoms with Crippen LogP contribution >= 0.6 is 23.4 Å². The molecule has 0 atom stereocenters. The number of anilines is 1. The molecule has 3 N–H and O–H groups in total. The van der Waals surface area contributed by atoms with E-state index in [1.54, 1.807) is 18.4 Å². The SMILES string of the molecule is CSc1nn(-c2ccc(C)c(Cl)c2)c(N)c1C(=O)O. The molecule has 0 saturated heterocycles. The Balaban J connectivity index is 2.62. The first-order chi connectivity index (χ1) is 8.95. The summed E-state index contributed by atoms with van der Waals surface area (Å²) in [4.78, 5) is 11.2. The minimum atomic E-state index is -1.09. The van der Waals surface area contributed by atoms with Gasteiger partial charge in [0.15, 0.2) is 0 Å². The van der Waals surface area contributed by atoms with Crippen molar-refractivity contribution < 1.29 is 9.90 Å². The van der Waals surface area contributed by atoms with Gasteiger partial charge in [0.1, 0.15) is 16.4 Å². The molecular formula is C12H12ClN3O2S. The van der Waals surface area contributed by atoms with Gasteiger partial charge in [0.25, 0.3) is 0 Å². The molecule has 1 aromatic carbocycles. The third-order valence-corrected chi connectivity index (χ3v) is 3.78. The lowest BCUT2D eigenvalue weighted by Gasteiger charge is -2.06. The zero-order chi connectivity index (χ0) is 14.2. The van der Waals surface area contributed by atoms with Crippen molar-refractivity contribution in [2.45, 2.75) is 11.9 Å². The Morgan fingerprint density at radius 2 is 2.21 bits per heavy atom. The molecule has 2 aromatic rings. The van der Waals surface area contributed by atoms with E-state index in [9.17, 15) is 4.79 Å². The number of halogens is 1. The number of aromatic carboxylic acids is 1. The average molecular weight is 298 g/mol. The van der Waals surface area contributed by atoms with Gasteiger partial charge in [-0.3, -0.25) is 0 Å². The summed E-state index contributed by atoms with van der Waals surface area (Å²) in [6, 6.07) is 5.33. The van der Waals surface area contributed by atoms with E-state index in [1.165, 1.54) is 16.4 Å². The van der Waals surface area contributed by atoms with E-state index in [2.05, 4.69) is 5.10 Å². The summed E-state index contributed by atoms with van der Waals surface area (Å²) in [6.45, 7) is 1.88. The summed E-state index contributed by atoms with van der Waals surface area (Å²) in [5.74, 6) is -0.997. The molecule has 0 spiro atoms. The van der Waals surface area contributed by atoms with Gasteiger partial charge in [0.05, 0.1) is 5.69 Å². The van der Waals surface area contributed by atoms with Crippen LogP contribution in [-0.4, -0.2) is 27.1 Å². The van der Waals surface area contributed by atoms with Crippen LogP contribution in [0.4, 0.5) is 5.82 Å². The van der Waals surface area contributed by atoms with Gasteiger partial charge in [-0.25, -0.2) is 9.48 Å². The molecule has 0 aliphatic heterocycles. The number of nitrogens with zero attached hydrogens (tertiary/aromatic N) is 2. The Bertz CT molecular complexity index is 655. The molecule has 0 saturated carbocycles. The van der Waals surface area contributed by atoms with Gasteiger partial charge in [0, 0.05) is 5.02 Å². The zero-order valence-electron chi connectivity index (χ0n) is 10.3. The predicted molar refractivity (Wildman–Crippen MR) is 76.5 cm³/mol. The molecule has 1 heterocycles. The molecule has 0 aliphatic carbocycles. The zero-order valence-corrected chi connectivity index (χ0v) is 11.9. The van der Waals surface area contributed by atoms with Crippen LogP contribution < -0.4 is 5.73 Å². The minimum absolute atomic E-state index is 0.0178. The Kier molecular flexibility index (Phi) is 3.73. The van der Waals surface area contributed by atoms with Crippen LogP contribution in [0.15, 0.2) is 23.2 Å². The molecular weight excluding hydrogens is 286 g/mol. The normalized spacial score (nSPS) is 10.7. The maximum Gasteiger partial charge on any atom is 0.342 e. The predicted octanol–water partition coefficient (Wildman–Crippen LogP) is 2.84. The van der Waals surface area contributed by atoms with Crippen molar-refractivity contribution in [3.05, 3.63) is 34.3 Å². The molecule has 5 nitrogen and oxygen atoms in total. The first-order valence-corrected chi connectivity index (χ1v) is 6.98. The van der Waals surface area contributed by atoms with Gasteiger partial charge in [-0.05, 0) is 30.9 Å². The van der Waals surface area contributed by atoms with E-state index in [-0.39, 0.29) is 11.4 Å². The molecule has 1 aromatic heterocycles. The first kappa shape index (κ1) is 13.8. The smallest absolute Gasteiger partial charge is 0.342 e.